The first-order chi connectivity index (χ1) is 13.8. The second-order valence-corrected chi connectivity index (χ2v) is 7.15. The average molecular weight is 401 g/mol. The third kappa shape index (κ3) is 4.01. The van der Waals surface area contributed by atoms with Crippen LogP contribution in [0.3, 0.4) is 0 Å². The van der Waals surface area contributed by atoms with Gasteiger partial charge in [-0.3, -0.25) is 4.79 Å². The van der Waals surface area contributed by atoms with E-state index in [9.17, 15) is 18.0 Å². The Balaban J connectivity index is 1.50. The molecule has 0 spiro atoms. The lowest BCUT2D eigenvalue weighted by Crippen LogP contribution is -2.26. The molecule has 0 saturated carbocycles. The van der Waals surface area contributed by atoms with Gasteiger partial charge < -0.3 is 9.42 Å². The number of aromatic nitrogens is 2. The van der Waals surface area contributed by atoms with Crippen molar-refractivity contribution in [2.45, 2.75) is 32.0 Å². The summed E-state index contributed by atoms with van der Waals surface area (Å²) in [7, 11) is 0. The molecule has 150 valence electrons. The van der Waals surface area contributed by atoms with E-state index >= 15 is 0 Å². The van der Waals surface area contributed by atoms with Crippen molar-refractivity contribution < 1.29 is 22.5 Å². The molecule has 2 aromatic carbocycles. The van der Waals surface area contributed by atoms with Gasteiger partial charge >= 0.3 is 6.18 Å². The van der Waals surface area contributed by atoms with E-state index in [-0.39, 0.29) is 36.9 Å². The van der Waals surface area contributed by atoms with Gasteiger partial charge in [0.2, 0.25) is 5.91 Å². The number of alkyl halides is 3. The van der Waals surface area contributed by atoms with E-state index < -0.39 is 11.7 Å². The molecule has 1 fully saturated rings. The van der Waals surface area contributed by atoms with E-state index in [1.807, 2.05) is 31.2 Å². The summed E-state index contributed by atoms with van der Waals surface area (Å²) < 4.78 is 45.0. The van der Waals surface area contributed by atoms with Gasteiger partial charge in [-0.15, -0.1) is 0 Å². The zero-order valence-electron chi connectivity index (χ0n) is 15.6. The Morgan fingerprint density at radius 2 is 1.86 bits per heavy atom. The first-order valence-electron chi connectivity index (χ1n) is 9.15. The number of aryl methyl sites for hydroxylation is 1. The second-order valence-electron chi connectivity index (χ2n) is 7.15. The smallest absolute Gasteiger partial charge is 0.338 e. The first-order valence-corrected chi connectivity index (χ1v) is 9.15. The van der Waals surface area contributed by atoms with Crippen LogP contribution >= 0.6 is 0 Å². The fourth-order valence-corrected chi connectivity index (χ4v) is 3.45. The predicted octanol–water partition coefficient (Wildman–Crippen LogP) is 4.58. The topological polar surface area (TPSA) is 59.2 Å². The maximum atomic E-state index is 13.2. The van der Waals surface area contributed by atoms with Crippen molar-refractivity contribution in [3.05, 3.63) is 71.0 Å². The van der Waals surface area contributed by atoms with Gasteiger partial charge in [0.15, 0.2) is 5.82 Å². The summed E-state index contributed by atoms with van der Waals surface area (Å²) in [6.45, 7) is 2.12. The van der Waals surface area contributed by atoms with Crippen molar-refractivity contribution >= 4 is 5.91 Å². The molecule has 1 unspecified atom stereocenters. The Morgan fingerprint density at radius 1 is 1.14 bits per heavy atom. The number of likely N-dealkylation sites (tertiary alicyclic amines) is 1. The number of carbonyl (C=O) groups is 1. The summed E-state index contributed by atoms with van der Waals surface area (Å²) in [5.74, 6) is 0.200. The van der Waals surface area contributed by atoms with Gasteiger partial charge in [-0.1, -0.05) is 41.1 Å². The molecule has 8 heteroatoms. The molecule has 1 aliphatic rings. The summed E-state index contributed by atoms with van der Waals surface area (Å²) >= 11 is 0. The molecule has 3 aromatic rings. The van der Waals surface area contributed by atoms with Crippen LogP contribution in [0, 0.1) is 6.92 Å². The SMILES string of the molecule is Cc1ccc(-c2nc(C3CC(=O)N(Cc4ccccc4C(F)(F)F)C3)no2)cc1. The molecule has 0 aliphatic carbocycles. The van der Waals surface area contributed by atoms with E-state index in [2.05, 4.69) is 10.1 Å². The Labute approximate surface area is 165 Å². The fraction of sp³-hybridized carbons (Fsp3) is 0.286. The molecule has 5 nitrogen and oxygen atoms in total. The van der Waals surface area contributed by atoms with Crippen LogP contribution in [0.4, 0.5) is 13.2 Å². The van der Waals surface area contributed by atoms with Crippen molar-refractivity contribution in [2.75, 3.05) is 6.54 Å². The van der Waals surface area contributed by atoms with Gasteiger partial charge in [-0.2, -0.15) is 18.2 Å². The second kappa shape index (κ2) is 7.35. The molecule has 1 aliphatic heterocycles. The van der Waals surface area contributed by atoms with Crippen molar-refractivity contribution in [1.29, 1.82) is 0 Å². The van der Waals surface area contributed by atoms with Crippen molar-refractivity contribution in [3.8, 4) is 11.5 Å². The van der Waals surface area contributed by atoms with E-state index in [0.717, 1.165) is 17.2 Å². The molecular weight excluding hydrogens is 383 g/mol. The zero-order chi connectivity index (χ0) is 20.6. The van der Waals surface area contributed by atoms with Gasteiger partial charge in [-0.25, -0.2) is 0 Å². The maximum absolute atomic E-state index is 13.2. The van der Waals surface area contributed by atoms with Crippen LogP contribution in [-0.4, -0.2) is 27.5 Å². The number of amides is 1. The molecular formula is C21H18F3N3O2. The predicted molar refractivity (Wildman–Crippen MR) is 98.7 cm³/mol. The van der Waals surface area contributed by atoms with Crippen LogP contribution in [0.5, 0.6) is 0 Å². The highest BCUT2D eigenvalue weighted by atomic mass is 19.4. The fourth-order valence-electron chi connectivity index (χ4n) is 3.45. The summed E-state index contributed by atoms with van der Waals surface area (Å²) in [4.78, 5) is 18.2. The highest BCUT2D eigenvalue weighted by Gasteiger charge is 2.37. The number of rotatable bonds is 4. The molecule has 1 atom stereocenters. The third-order valence-corrected chi connectivity index (χ3v) is 5.00. The summed E-state index contributed by atoms with van der Waals surface area (Å²) in [5, 5.41) is 3.98. The molecule has 0 bridgehead atoms. The minimum absolute atomic E-state index is 0.0717. The molecule has 1 aromatic heterocycles. The summed E-state index contributed by atoms with van der Waals surface area (Å²) in [6.07, 6.45) is -4.32. The lowest BCUT2D eigenvalue weighted by atomic mass is 10.1. The number of nitrogens with zero attached hydrogens (tertiary/aromatic N) is 3. The summed E-state index contributed by atoms with van der Waals surface area (Å²) in [6, 6.07) is 12.9. The minimum Gasteiger partial charge on any atom is -0.338 e. The van der Waals surface area contributed by atoms with Crippen molar-refractivity contribution in [2.24, 2.45) is 0 Å². The van der Waals surface area contributed by atoms with Crippen LogP contribution in [-0.2, 0) is 17.5 Å². The number of benzene rings is 2. The van der Waals surface area contributed by atoms with Gasteiger partial charge in [0.1, 0.15) is 0 Å². The highest BCUT2D eigenvalue weighted by molar-refractivity contribution is 5.79. The number of halogens is 3. The Kier molecular flexibility index (Phi) is 4.86. The van der Waals surface area contributed by atoms with Gasteiger partial charge in [0.25, 0.3) is 5.89 Å². The monoisotopic (exact) mass is 401 g/mol. The first kappa shape index (κ1) is 19.2. The van der Waals surface area contributed by atoms with Crippen LogP contribution in [0.15, 0.2) is 53.1 Å². The van der Waals surface area contributed by atoms with Crippen LogP contribution in [0.1, 0.15) is 34.9 Å². The normalized spacial score (nSPS) is 17.2. The quantitative estimate of drug-likeness (QED) is 0.642. The zero-order valence-corrected chi connectivity index (χ0v) is 15.6. The largest absolute Gasteiger partial charge is 0.416 e. The lowest BCUT2D eigenvalue weighted by Gasteiger charge is -2.19. The highest BCUT2D eigenvalue weighted by Crippen LogP contribution is 2.34. The summed E-state index contributed by atoms with van der Waals surface area (Å²) in [5.41, 5.74) is 1.22. The maximum Gasteiger partial charge on any atom is 0.416 e. The van der Waals surface area contributed by atoms with E-state index in [0.29, 0.717) is 11.7 Å². The molecule has 0 radical (unpaired) electrons. The van der Waals surface area contributed by atoms with Gasteiger partial charge in [0, 0.05) is 31.0 Å². The Hall–Kier alpha value is -3.16. The van der Waals surface area contributed by atoms with E-state index in [1.54, 1.807) is 0 Å². The standard InChI is InChI=1S/C21H18F3N3O2/c1-13-6-8-14(9-7-13)20-25-19(26-29-20)16-10-18(28)27(12-16)11-15-4-2-3-5-17(15)21(22,23)24/h2-9,16H,10-12H2,1H3. The van der Waals surface area contributed by atoms with Gasteiger partial charge in [0.05, 0.1) is 5.56 Å². The number of carbonyl (C=O) groups excluding carboxylic acids is 1. The Bertz CT molecular complexity index is 1030. The molecule has 2 heterocycles. The van der Waals surface area contributed by atoms with Crippen molar-refractivity contribution in [3.63, 3.8) is 0 Å². The lowest BCUT2D eigenvalue weighted by molar-refractivity contribution is -0.139. The number of hydrogen-bond donors (Lipinski definition) is 0. The van der Waals surface area contributed by atoms with Crippen LogP contribution < -0.4 is 0 Å². The average Bonchev–Trinajstić information content (AvgIpc) is 3.29. The third-order valence-electron chi connectivity index (χ3n) is 5.00. The molecule has 0 N–H and O–H groups in total. The molecule has 4 rings (SSSR count). The van der Waals surface area contributed by atoms with E-state index in [1.165, 1.54) is 23.1 Å². The van der Waals surface area contributed by atoms with Crippen LogP contribution in [0.25, 0.3) is 11.5 Å². The molecule has 29 heavy (non-hydrogen) atoms. The minimum atomic E-state index is -4.46. The molecule has 1 amide bonds. The Morgan fingerprint density at radius 3 is 2.59 bits per heavy atom. The van der Waals surface area contributed by atoms with E-state index in [4.69, 9.17) is 4.52 Å². The molecule has 1 saturated heterocycles. The number of hydrogen-bond acceptors (Lipinski definition) is 4. The van der Waals surface area contributed by atoms with Gasteiger partial charge in [-0.05, 0) is 30.7 Å². The van der Waals surface area contributed by atoms with Crippen molar-refractivity contribution in [1.82, 2.24) is 15.0 Å². The van der Waals surface area contributed by atoms with Crippen LogP contribution in [0.2, 0.25) is 0 Å².